The van der Waals surface area contributed by atoms with Gasteiger partial charge < -0.3 is 24.5 Å². The summed E-state index contributed by atoms with van der Waals surface area (Å²) in [5, 5.41) is 30.2. The Morgan fingerprint density at radius 1 is 1.08 bits per heavy atom. The van der Waals surface area contributed by atoms with E-state index < -0.39 is 5.60 Å². The zero-order valence-electron chi connectivity index (χ0n) is 13.2. The SMILES string of the molecule is CC1(C)CCc2c(c(O)cc3oc4c(O)cc(O)cc4c(=O)c23)O1. The van der Waals surface area contributed by atoms with Gasteiger partial charge in [0.25, 0.3) is 0 Å². The third kappa shape index (κ3) is 1.99. The summed E-state index contributed by atoms with van der Waals surface area (Å²) in [5.41, 5.74) is -0.0827. The summed E-state index contributed by atoms with van der Waals surface area (Å²) >= 11 is 0. The molecule has 0 radical (unpaired) electrons. The van der Waals surface area contributed by atoms with Gasteiger partial charge in [0.05, 0.1) is 10.8 Å². The lowest BCUT2D eigenvalue weighted by molar-refractivity contribution is 0.0811. The molecule has 2 heterocycles. The molecule has 6 nitrogen and oxygen atoms in total. The Kier molecular flexibility index (Phi) is 2.79. The number of aryl methyl sites for hydroxylation is 1. The van der Waals surface area contributed by atoms with Crippen LogP contribution in [0, 0.1) is 0 Å². The molecule has 2 aromatic carbocycles. The predicted molar refractivity (Wildman–Crippen MR) is 88.0 cm³/mol. The summed E-state index contributed by atoms with van der Waals surface area (Å²) in [4.78, 5) is 12.9. The highest BCUT2D eigenvalue weighted by molar-refractivity contribution is 5.96. The van der Waals surface area contributed by atoms with Crippen molar-refractivity contribution in [2.75, 3.05) is 0 Å². The summed E-state index contributed by atoms with van der Waals surface area (Å²) in [6.07, 6.45) is 1.23. The first-order valence-corrected chi connectivity index (χ1v) is 7.63. The van der Waals surface area contributed by atoms with Crippen LogP contribution < -0.4 is 10.2 Å². The predicted octanol–water partition coefficient (Wildman–Crippen LogP) is 3.17. The molecule has 0 fully saturated rings. The van der Waals surface area contributed by atoms with Crippen molar-refractivity contribution in [3.8, 4) is 23.0 Å². The van der Waals surface area contributed by atoms with Crippen molar-refractivity contribution in [3.05, 3.63) is 34.0 Å². The average molecular weight is 328 g/mol. The Hall–Kier alpha value is -2.89. The van der Waals surface area contributed by atoms with Crippen LogP contribution in [0.5, 0.6) is 23.0 Å². The molecular formula is C18H16O6. The Balaban J connectivity index is 2.16. The molecule has 124 valence electrons. The molecule has 0 saturated heterocycles. The molecular weight excluding hydrogens is 312 g/mol. The maximum atomic E-state index is 12.9. The average Bonchev–Trinajstić information content (AvgIpc) is 2.48. The Labute approximate surface area is 136 Å². The molecule has 24 heavy (non-hydrogen) atoms. The molecule has 6 heteroatoms. The molecule has 3 N–H and O–H groups in total. The van der Waals surface area contributed by atoms with E-state index in [0.29, 0.717) is 23.8 Å². The Morgan fingerprint density at radius 2 is 1.83 bits per heavy atom. The third-order valence-electron chi connectivity index (χ3n) is 4.42. The van der Waals surface area contributed by atoms with E-state index in [1.807, 2.05) is 13.8 Å². The Bertz CT molecular complexity index is 1060. The van der Waals surface area contributed by atoms with Gasteiger partial charge in [-0.1, -0.05) is 0 Å². The van der Waals surface area contributed by atoms with Gasteiger partial charge in [0, 0.05) is 17.7 Å². The fourth-order valence-electron chi connectivity index (χ4n) is 3.23. The van der Waals surface area contributed by atoms with Gasteiger partial charge in [-0.2, -0.15) is 0 Å². The van der Waals surface area contributed by atoms with Crippen LogP contribution in [0.2, 0.25) is 0 Å². The van der Waals surface area contributed by atoms with E-state index in [9.17, 15) is 20.1 Å². The molecule has 0 amide bonds. The standard InChI is InChI=1S/C18H16O6/c1-18(2)4-3-9-14-13(7-12(21)17(9)24-18)23-16-10(15(14)22)5-8(19)6-11(16)20/h5-7,19-21H,3-4H2,1-2H3. The molecule has 0 saturated carbocycles. The number of ether oxygens (including phenoxy) is 1. The lowest BCUT2D eigenvalue weighted by Gasteiger charge is -2.33. The van der Waals surface area contributed by atoms with Gasteiger partial charge in [0.1, 0.15) is 16.9 Å². The number of hydrogen-bond acceptors (Lipinski definition) is 6. The molecule has 0 bridgehead atoms. The van der Waals surface area contributed by atoms with Crippen LogP contribution in [0.15, 0.2) is 27.4 Å². The maximum absolute atomic E-state index is 12.9. The van der Waals surface area contributed by atoms with Crippen LogP contribution in [0.25, 0.3) is 21.9 Å². The van der Waals surface area contributed by atoms with Crippen LogP contribution in [-0.4, -0.2) is 20.9 Å². The number of benzene rings is 2. The second kappa shape index (κ2) is 4.56. The molecule has 0 atom stereocenters. The van der Waals surface area contributed by atoms with Crippen molar-refractivity contribution in [1.82, 2.24) is 0 Å². The van der Waals surface area contributed by atoms with Crippen LogP contribution in [0.4, 0.5) is 0 Å². The van der Waals surface area contributed by atoms with Crippen LogP contribution >= 0.6 is 0 Å². The lowest BCUT2D eigenvalue weighted by atomic mass is 9.91. The summed E-state index contributed by atoms with van der Waals surface area (Å²) in [5.74, 6) is -0.379. The van der Waals surface area contributed by atoms with Crippen molar-refractivity contribution in [1.29, 1.82) is 0 Å². The van der Waals surface area contributed by atoms with E-state index in [1.54, 1.807) is 0 Å². The first-order chi connectivity index (χ1) is 11.3. The number of hydrogen-bond donors (Lipinski definition) is 3. The zero-order chi connectivity index (χ0) is 17.2. The highest BCUT2D eigenvalue weighted by Gasteiger charge is 2.31. The molecule has 1 aromatic heterocycles. The number of rotatable bonds is 0. The summed E-state index contributed by atoms with van der Waals surface area (Å²) in [7, 11) is 0. The van der Waals surface area contributed by atoms with Crippen molar-refractivity contribution in [2.45, 2.75) is 32.3 Å². The van der Waals surface area contributed by atoms with E-state index in [2.05, 4.69) is 0 Å². The first kappa shape index (κ1) is 14.7. The minimum atomic E-state index is -0.439. The number of phenols is 3. The number of fused-ring (bicyclic) bond motifs is 4. The van der Waals surface area contributed by atoms with Crippen LogP contribution in [-0.2, 0) is 6.42 Å². The van der Waals surface area contributed by atoms with E-state index >= 15 is 0 Å². The summed E-state index contributed by atoms with van der Waals surface area (Å²) in [6.45, 7) is 3.83. The van der Waals surface area contributed by atoms with Gasteiger partial charge >= 0.3 is 0 Å². The molecule has 4 rings (SSSR count). The van der Waals surface area contributed by atoms with E-state index in [-0.39, 0.29) is 45.0 Å². The normalized spacial score (nSPS) is 16.1. The smallest absolute Gasteiger partial charge is 0.201 e. The van der Waals surface area contributed by atoms with Crippen LogP contribution in [0.3, 0.4) is 0 Å². The van der Waals surface area contributed by atoms with E-state index in [0.717, 1.165) is 6.07 Å². The van der Waals surface area contributed by atoms with Crippen LogP contribution in [0.1, 0.15) is 25.8 Å². The lowest BCUT2D eigenvalue weighted by Crippen LogP contribution is -2.33. The second-order valence-corrected chi connectivity index (χ2v) is 6.71. The van der Waals surface area contributed by atoms with E-state index in [4.69, 9.17) is 9.15 Å². The van der Waals surface area contributed by atoms with Gasteiger partial charge in [-0.3, -0.25) is 4.79 Å². The molecule has 1 aliphatic rings. The minimum Gasteiger partial charge on any atom is -0.508 e. The van der Waals surface area contributed by atoms with Crippen molar-refractivity contribution in [2.24, 2.45) is 0 Å². The number of aromatic hydroxyl groups is 3. The highest BCUT2D eigenvalue weighted by atomic mass is 16.5. The van der Waals surface area contributed by atoms with Gasteiger partial charge in [-0.05, 0) is 32.8 Å². The topological polar surface area (TPSA) is 100 Å². The van der Waals surface area contributed by atoms with Gasteiger partial charge in [0.2, 0.25) is 5.43 Å². The molecule has 0 aliphatic carbocycles. The summed E-state index contributed by atoms with van der Waals surface area (Å²) in [6, 6.07) is 3.68. The zero-order valence-corrected chi connectivity index (χ0v) is 13.2. The van der Waals surface area contributed by atoms with Gasteiger partial charge in [-0.25, -0.2) is 0 Å². The van der Waals surface area contributed by atoms with E-state index in [1.165, 1.54) is 12.1 Å². The van der Waals surface area contributed by atoms with Crippen molar-refractivity contribution >= 4 is 21.9 Å². The highest BCUT2D eigenvalue weighted by Crippen LogP contribution is 2.44. The quantitative estimate of drug-likeness (QED) is 0.548. The van der Waals surface area contributed by atoms with Crippen molar-refractivity contribution < 1.29 is 24.5 Å². The van der Waals surface area contributed by atoms with Gasteiger partial charge in [-0.15, -0.1) is 0 Å². The minimum absolute atomic E-state index is 0.0262. The fraction of sp³-hybridized carbons (Fsp3) is 0.278. The monoisotopic (exact) mass is 328 g/mol. The molecule has 0 spiro atoms. The largest absolute Gasteiger partial charge is 0.508 e. The Morgan fingerprint density at radius 3 is 2.58 bits per heavy atom. The number of phenolic OH excluding ortho intramolecular Hbond substituents is 3. The summed E-state index contributed by atoms with van der Waals surface area (Å²) < 4.78 is 11.5. The second-order valence-electron chi connectivity index (χ2n) is 6.71. The molecule has 0 unspecified atom stereocenters. The van der Waals surface area contributed by atoms with Crippen molar-refractivity contribution in [3.63, 3.8) is 0 Å². The van der Waals surface area contributed by atoms with Gasteiger partial charge in [0.15, 0.2) is 22.8 Å². The molecule has 3 aromatic rings. The molecule has 1 aliphatic heterocycles. The third-order valence-corrected chi connectivity index (χ3v) is 4.42. The maximum Gasteiger partial charge on any atom is 0.201 e. The first-order valence-electron chi connectivity index (χ1n) is 7.63. The fourth-order valence-corrected chi connectivity index (χ4v) is 3.23.